The number of nitrogens with two attached hydrogens (primary N) is 2. The third kappa shape index (κ3) is 2.56. The number of primary amides is 2. The maximum Gasteiger partial charge on any atom is 0.240 e. The number of hydrogen-bond acceptors (Lipinski definition) is 5. The van der Waals surface area contributed by atoms with Crippen LogP contribution in [0.25, 0.3) is 10.2 Å². The Morgan fingerprint density at radius 1 is 1.24 bits per heavy atom. The highest BCUT2D eigenvalue weighted by Gasteiger charge is 2.24. The van der Waals surface area contributed by atoms with Crippen LogP contribution in [0.4, 0.5) is 0 Å². The van der Waals surface area contributed by atoms with Gasteiger partial charge in [0.25, 0.3) is 0 Å². The number of fused-ring (bicyclic) bond motifs is 1. The molecular formula is C10H9N3O2S2. The van der Waals surface area contributed by atoms with Crippen LogP contribution in [0.3, 0.4) is 0 Å². The Balaban J connectivity index is 2.28. The zero-order valence-electron chi connectivity index (χ0n) is 8.62. The van der Waals surface area contributed by atoms with Crippen LogP contribution >= 0.6 is 23.1 Å². The zero-order chi connectivity index (χ0) is 12.4. The molecule has 0 atom stereocenters. The molecule has 1 heterocycles. The van der Waals surface area contributed by atoms with Crippen molar-refractivity contribution in [2.75, 3.05) is 0 Å². The largest absolute Gasteiger partial charge is 0.368 e. The van der Waals surface area contributed by atoms with E-state index in [1.54, 1.807) is 0 Å². The van der Waals surface area contributed by atoms with E-state index >= 15 is 0 Å². The van der Waals surface area contributed by atoms with Gasteiger partial charge in [-0.05, 0) is 12.1 Å². The smallest absolute Gasteiger partial charge is 0.240 e. The van der Waals surface area contributed by atoms with Crippen LogP contribution in [0.2, 0.25) is 0 Å². The number of benzene rings is 1. The molecule has 0 bridgehead atoms. The van der Waals surface area contributed by atoms with Gasteiger partial charge in [0.1, 0.15) is 0 Å². The highest BCUT2D eigenvalue weighted by molar-refractivity contribution is 8.03. The van der Waals surface area contributed by atoms with E-state index in [9.17, 15) is 9.59 Å². The molecule has 7 heteroatoms. The van der Waals surface area contributed by atoms with Gasteiger partial charge in [0.15, 0.2) is 9.59 Å². The number of hydrogen-bond donors (Lipinski definition) is 2. The van der Waals surface area contributed by atoms with E-state index in [0.717, 1.165) is 22.0 Å². The number of nitrogens with zero attached hydrogens (tertiary/aromatic N) is 1. The summed E-state index contributed by atoms with van der Waals surface area (Å²) in [5.74, 6) is -1.50. The molecule has 1 aromatic heterocycles. The van der Waals surface area contributed by atoms with Gasteiger partial charge >= 0.3 is 0 Å². The van der Waals surface area contributed by atoms with Crippen LogP contribution in [-0.4, -0.2) is 22.0 Å². The Morgan fingerprint density at radius 2 is 1.88 bits per heavy atom. The van der Waals surface area contributed by atoms with Crippen molar-refractivity contribution >= 4 is 45.1 Å². The molecule has 0 saturated carbocycles. The van der Waals surface area contributed by atoms with Crippen LogP contribution in [0.5, 0.6) is 0 Å². The Labute approximate surface area is 105 Å². The molecule has 0 aliphatic rings. The topological polar surface area (TPSA) is 99.1 Å². The van der Waals surface area contributed by atoms with Gasteiger partial charge in [-0.1, -0.05) is 23.9 Å². The number of para-hydroxylation sites is 1. The second-order valence-corrected chi connectivity index (χ2v) is 5.63. The molecule has 0 spiro atoms. The minimum absolute atomic E-state index is 0.605. The Bertz CT molecular complexity index is 535. The Kier molecular flexibility index (Phi) is 3.30. The van der Waals surface area contributed by atoms with Gasteiger partial charge in [-0.25, -0.2) is 4.98 Å². The summed E-state index contributed by atoms with van der Waals surface area (Å²) in [7, 11) is 0. The lowest BCUT2D eigenvalue weighted by Gasteiger charge is -2.05. The lowest BCUT2D eigenvalue weighted by atomic mass is 10.3. The first kappa shape index (κ1) is 11.9. The minimum atomic E-state index is -1.07. The lowest BCUT2D eigenvalue weighted by Crippen LogP contribution is -2.37. The molecule has 4 N–H and O–H groups in total. The number of amides is 2. The third-order valence-electron chi connectivity index (χ3n) is 2.01. The van der Waals surface area contributed by atoms with Crippen molar-refractivity contribution in [2.24, 2.45) is 11.5 Å². The van der Waals surface area contributed by atoms with E-state index in [4.69, 9.17) is 11.5 Å². The molecule has 0 unspecified atom stereocenters. The summed E-state index contributed by atoms with van der Waals surface area (Å²) < 4.78 is 1.59. The van der Waals surface area contributed by atoms with Crippen LogP contribution < -0.4 is 11.5 Å². The Hall–Kier alpha value is -1.60. The summed E-state index contributed by atoms with van der Waals surface area (Å²) >= 11 is 2.39. The molecule has 0 fully saturated rings. The number of carbonyl (C=O) groups excluding carboxylic acids is 2. The molecule has 1 aromatic carbocycles. The van der Waals surface area contributed by atoms with Crippen molar-refractivity contribution in [3.63, 3.8) is 0 Å². The van der Waals surface area contributed by atoms with Crippen LogP contribution in [-0.2, 0) is 9.59 Å². The molecule has 0 saturated heterocycles. The fraction of sp³-hybridized carbons (Fsp3) is 0.100. The maximum absolute atomic E-state index is 11.0. The van der Waals surface area contributed by atoms with Gasteiger partial charge in [-0.15, -0.1) is 11.3 Å². The molecule has 2 aromatic rings. The predicted molar refractivity (Wildman–Crippen MR) is 67.7 cm³/mol. The zero-order valence-corrected chi connectivity index (χ0v) is 10.3. The standard InChI is InChI=1S/C10H9N3O2S2/c11-8(14)7(9(12)15)17-10-13-5-3-1-2-4-6(5)16-10/h1-4,7H,(H2,11,14)(H2,12,15). The molecule has 2 amide bonds. The number of aromatic nitrogens is 1. The van der Waals surface area contributed by atoms with E-state index in [-0.39, 0.29) is 0 Å². The van der Waals surface area contributed by atoms with Crippen LogP contribution in [0.15, 0.2) is 28.6 Å². The van der Waals surface area contributed by atoms with Crippen molar-refractivity contribution in [1.82, 2.24) is 4.98 Å². The van der Waals surface area contributed by atoms with Gasteiger partial charge in [-0.3, -0.25) is 9.59 Å². The van der Waals surface area contributed by atoms with E-state index in [1.807, 2.05) is 24.3 Å². The monoisotopic (exact) mass is 267 g/mol. The van der Waals surface area contributed by atoms with Gasteiger partial charge in [-0.2, -0.15) is 0 Å². The average molecular weight is 267 g/mol. The molecule has 0 aliphatic carbocycles. The molecule has 17 heavy (non-hydrogen) atoms. The first-order chi connectivity index (χ1) is 8.08. The van der Waals surface area contributed by atoms with Gasteiger partial charge in [0.05, 0.1) is 10.2 Å². The van der Waals surface area contributed by atoms with Crippen molar-refractivity contribution < 1.29 is 9.59 Å². The number of thioether (sulfide) groups is 1. The summed E-state index contributed by atoms with van der Waals surface area (Å²) in [4.78, 5) is 26.4. The van der Waals surface area contributed by atoms with Crippen molar-refractivity contribution in [2.45, 2.75) is 9.59 Å². The average Bonchev–Trinajstić information content (AvgIpc) is 2.67. The fourth-order valence-corrected chi connectivity index (χ4v) is 3.29. The maximum atomic E-state index is 11.0. The first-order valence-corrected chi connectivity index (χ1v) is 6.38. The second-order valence-electron chi connectivity index (χ2n) is 3.25. The fourth-order valence-electron chi connectivity index (χ4n) is 1.26. The van der Waals surface area contributed by atoms with Crippen LogP contribution in [0.1, 0.15) is 0 Å². The minimum Gasteiger partial charge on any atom is -0.368 e. The van der Waals surface area contributed by atoms with E-state index in [2.05, 4.69) is 4.98 Å². The quantitative estimate of drug-likeness (QED) is 0.630. The summed E-state index contributed by atoms with van der Waals surface area (Å²) in [6, 6.07) is 7.55. The van der Waals surface area contributed by atoms with E-state index in [0.29, 0.717) is 4.34 Å². The molecular weight excluding hydrogens is 258 g/mol. The molecule has 5 nitrogen and oxygen atoms in total. The van der Waals surface area contributed by atoms with Gasteiger partial charge in [0, 0.05) is 0 Å². The molecule has 0 aliphatic heterocycles. The van der Waals surface area contributed by atoms with Crippen molar-refractivity contribution in [3.8, 4) is 0 Å². The molecule has 88 valence electrons. The lowest BCUT2D eigenvalue weighted by molar-refractivity contribution is -0.125. The highest BCUT2D eigenvalue weighted by Crippen LogP contribution is 2.31. The summed E-state index contributed by atoms with van der Waals surface area (Å²) in [5.41, 5.74) is 11.0. The van der Waals surface area contributed by atoms with Crippen molar-refractivity contribution in [1.29, 1.82) is 0 Å². The first-order valence-electron chi connectivity index (χ1n) is 4.69. The highest BCUT2D eigenvalue weighted by atomic mass is 32.2. The summed E-state index contributed by atoms with van der Waals surface area (Å²) in [6.07, 6.45) is 0. The van der Waals surface area contributed by atoms with Gasteiger partial charge < -0.3 is 11.5 Å². The SMILES string of the molecule is NC(=O)C(Sc1nc2ccccc2s1)C(N)=O. The number of carbonyl (C=O) groups is 2. The predicted octanol–water partition coefficient (Wildman–Crippen LogP) is 0.728. The normalized spacial score (nSPS) is 10.9. The van der Waals surface area contributed by atoms with Gasteiger partial charge in [0.2, 0.25) is 11.8 Å². The third-order valence-corrected chi connectivity index (χ3v) is 4.37. The van der Waals surface area contributed by atoms with Crippen molar-refractivity contribution in [3.05, 3.63) is 24.3 Å². The number of thiazole rings is 1. The number of rotatable bonds is 4. The molecule has 0 radical (unpaired) electrons. The Morgan fingerprint density at radius 3 is 2.47 bits per heavy atom. The molecule has 2 rings (SSSR count). The van der Waals surface area contributed by atoms with Crippen LogP contribution in [0, 0.1) is 0 Å². The van der Waals surface area contributed by atoms with E-state index < -0.39 is 17.1 Å². The van der Waals surface area contributed by atoms with E-state index in [1.165, 1.54) is 11.3 Å². The second kappa shape index (κ2) is 4.72. The summed E-state index contributed by atoms with van der Waals surface area (Å²) in [5, 5.41) is -1.07. The summed E-state index contributed by atoms with van der Waals surface area (Å²) in [6.45, 7) is 0.